The normalized spacial score (nSPS) is 19.7. The highest BCUT2D eigenvalue weighted by Gasteiger charge is 2.35. The number of halogens is 2. The third kappa shape index (κ3) is 6.92. The first-order chi connectivity index (χ1) is 18.7. The second kappa shape index (κ2) is 13.1. The molecular weight excluding hydrogens is 541 g/mol. The predicted octanol–water partition coefficient (Wildman–Crippen LogP) is 3.07. The Morgan fingerprint density at radius 2 is 1.82 bits per heavy atom. The molecule has 0 spiro atoms. The Morgan fingerprint density at radius 3 is 2.46 bits per heavy atom. The van der Waals surface area contributed by atoms with Gasteiger partial charge in [0.05, 0.1) is 6.61 Å². The second-order valence-electron chi connectivity index (χ2n) is 10.3. The molecule has 2 aromatic rings. The minimum absolute atomic E-state index is 0.00392. The Kier molecular flexibility index (Phi) is 9.87. The van der Waals surface area contributed by atoms with E-state index in [0.717, 1.165) is 51.9 Å². The van der Waals surface area contributed by atoms with Gasteiger partial charge in [-0.05, 0) is 50.5 Å². The standard InChI is InChI=1S/C27H37Cl2N7O3/c1-3-4-21-15-35(25-23(29)32-22(24(30)33-25)26(38)31-17(2)16-37)13-14-36(21)20-9-11-34(12-10-20)27(39)18-5-7-19(28)8-6-18/h5-8,17,20-21,37H,3-4,9-16H2,1-2H3,(H2,30,33)(H,31,38)/t17-,21-/m0/s1. The summed E-state index contributed by atoms with van der Waals surface area (Å²) in [4.78, 5) is 40.7. The average molecular weight is 579 g/mol. The van der Waals surface area contributed by atoms with Gasteiger partial charge in [0.15, 0.2) is 22.5 Å². The molecule has 2 aliphatic heterocycles. The summed E-state index contributed by atoms with van der Waals surface area (Å²) in [5, 5.41) is 12.6. The number of aliphatic hydroxyl groups is 1. The van der Waals surface area contributed by atoms with Gasteiger partial charge in [0.1, 0.15) is 0 Å². The number of hydrogen-bond donors (Lipinski definition) is 3. The van der Waals surface area contributed by atoms with Crippen molar-refractivity contribution in [2.45, 2.75) is 57.7 Å². The molecule has 2 saturated heterocycles. The maximum atomic E-state index is 12.9. The van der Waals surface area contributed by atoms with Crippen LogP contribution >= 0.6 is 23.2 Å². The van der Waals surface area contributed by atoms with Crippen LogP contribution in [0.1, 0.15) is 60.4 Å². The number of rotatable bonds is 8. The van der Waals surface area contributed by atoms with E-state index in [1.54, 1.807) is 31.2 Å². The van der Waals surface area contributed by atoms with Crippen LogP contribution in [0.2, 0.25) is 10.2 Å². The van der Waals surface area contributed by atoms with E-state index in [-0.39, 0.29) is 29.2 Å². The van der Waals surface area contributed by atoms with Crippen LogP contribution in [0.3, 0.4) is 0 Å². The molecule has 2 fully saturated rings. The molecule has 2 aliphatic rings. The Morgan fingerprint density at radius 1 is 1.13 bits per heavy atom. The van der Waals surface area contributed by atoms with Crippen LogP contribution in [0, 0.1) is 0 Å². The molecule has 2 atom stereocenters. The molecule has 3 heterocycles. The van der Waals surface area contributed by atoms with Crippen molar-refractivity contribution in [1.82, 2.24) is 25.1 Å². The molecule has 0 saturated carbocycles. The minimum atomic E-state index is -0.524. The molecule has 0 aliphatic carbocycles. The minimum Gasteiger partial charge on any atom is -0.394 e. The lowest BCUT2D eigenvalue weighted by Crippen LogP contribution is -2.59. The lowest BCUT2D eigenvalue weighted by molar-refractivity contribution is 0.0481. The third-order valence-corrected chi connectivity index (χ3v) is 8.00. The highest BCUT2D eigenvalue weighted by Crippen LogP contribution is 2.30. The number of hydrogen-bond acceptors (Lipinski definition) is 8. The summed E-state index contributed by atoms with van der Waals surface area (Å²) >= 11 is 12.5. The maximum absolute atomic E-state index is 12.9. The van der Waals surface area contributed by atoms with Gasteiger partial charge < -0.3 is 26.0 Å². The predicted molar refractivity (Wildman–Crippen MR) is 153 cm³/mol. The number of nitrogens with zero attached hydrogens (tertiary/aromatic N) is 5. The fourth-order valence-corrected chi connectivity index (χ4v) is 5.81. The summed E-state index contributed by atoms with van der Waals surface area (Å²) in [5.74, 6) is 0.00709. The molecule has 1 aromatic heterocycles. The van der Waals surface area contributed by atoms with Crippen molar-refractivity contribution in [3.8, 4) is 0 Å². The quantitative estimate of drug-likeness (QED) is 0.436. The largest absolute Gasteiger partial charge is 0.394 e. The molecule has 12 heteroatoms. The number of anilines is 2. The van der Waals surface area contributed by atoms with E-state index in [1.165, 1.54) is 0 Å². The van der Waals surface area contributed by atoms with Crippen molar-refractivity contribution >= 4 is 46.7 Å². The monoisotopic (exact) mass is 577 g/mol. The molecule has 0 unspecified atom stereocenters. The third-order valence-electron chi connectivity index (χ3n) is 7.49. The Labute approximate surface area is 239 Å². The van der Waals surface area contributed by atoms with Crippen LogP contribution in [0.25, 0.3) is 0 Å². The van der Waals surface area contributed by atoms with Crippen LogP contribution in [-0.4, -0.2) is 94.1 Å². The zero-order valence-corrected chi connectivity index (χ0v) is 24.0. The molecule has 1 aromatic carbocycles. The number of likely N-dealkylation sites (tertiary alicyclic amines) is 1. The Bertz CT molecular complexity index is 1160. The van der Waals surface area contributed by atoms with E-state index < -0.39 is 11.9 Å². The van der Waals surface area contributed by atoms with E-state index in [1.807, 2.05) is 4.90 Å². The smallest absolute Gasteiger partial charge is 0.274 e. The lowest BCUT2D eigenvalue weighted by Gasteiger charge is -2.48. The number of piperidine rings is 1. The van der Waals surface area contributed by atoms with Crippen LogP contribution in [0.15, 0.2) is 24.3 Å². The van der Waals surface area contributed by atoms with E-state index in [0.29, 0.717) is 35.0 Å². The number of nitrogen functional groups attached to an aromatic ring is 1. The lowest BCUT2D eigenvalue weighted by atomic mass is 9.97. The van der Waals surface area contributed by atoms with Gasteiger partial charge >= 0.3 is 0 Å². The number of benzene rings is 1. The SMILES string of the molecule is CCC[C@H]1CN(c2nc(N)c(C(=O)N[C@@H](C)CO)nc2Cl)CCN1C1CCN(C(=O)c2ccc(Cl)cc2)CC1. The molecular formula is C27H37Cl2N7O3. The summed E-state index contributed by atoms with van der Waals surface area (Å²) in [5.41, 5.74) is 6.73. The van der Waals surface area contributed by atoms with Gasteiger partial charge in [-0.3, -0.25) is 14.5 Å². The Balaban J connectivity index is 1.40. The molecule has 0 bridgehead atoms. The molecule has 2 amide bonds. The number of nitrogens with one attached hydrogen (secondary N) is 1. The van der Waals surface area contributed by atoms with Gasteiger partial charge in [-0.2, -0.15) is 0 Å². The first-order valence-electron chi connectivity index (χ1n) is 13.5. The number of nitrogens with two attached hydrogens (primary N) is 1. The first-order valence-corrected chi connectivity index (χ1v) is 14.3. The van der Waals surface area contributed by atoms with Gasteiger partial charge in [-0.1, -0.05) is 36.5 Å². The summed E-state index contributed by atoms with van der Waals surface area (Å²) in [7, 11) is 0. The number of piperazine rings is 1. The van der Waals surface area contributed by atoms with Crippen LogP contribution in [0.4, 0.5) is 11.6 Å². The summed E-state index contributed by atoms with van der Waals surface area (Å²) < 4.78 is 0. The van der Waals surface area contributed by atoms with Crippen LogP contribution in [0.5, 0.6) is 0 Å². The van der Waals surface area contributed by atoms with Crippen LogP contribution < -0.4 is 16.0 Å². The van der Waals surface area contributed by atoms with E-state index in [2.05, 4.69) is 32.0 Å². The van der Waals surface area contributed by atoms with Gasteiger partial charge in [-0.15, -0.1) is 0 Å². The van der Waals surface area contributed by atoms with Gasteiger partial charge in [0, 0.05) is 61.4 Å². The summed E-state index contributed by atoms with van der Waals surface area (Å²) in [6.07, 6.45) is 3.89. The number of aromatic nitrogens is 2. The van der Waals surface area contributed by atoms with E-state index >= 15 is 0 Å². The fourth-order valence-electron chi connectivity index (χ4n) is 5.43. The average Bonchev–Trinajstić information content (AvgIpc) is 2.94. The van der Waals surface area contributed by atoms with Gasteiger partial charge in [0.25, 0.3) is 11.8 Å². The number of aliphatic hydroxyl groups excluding tert-OH is 1. The topological polar surface area (TPSA) is 128 Å². The fraction of sp³-hybridized carbons (Fsp3) is 0.556. The molecule has 4 rings (SSSR count). The van der Waals surface area contributed by atoms with Crippen molar-refractivity contribution < 1.29 is 14.7 Å². The molecule has 0 radical (unpaired) electrons. The maximum Gasteiger partial charge on any atom is 0.274 e. The highest BCUT2D eigenvalue weighted by molar-refractivity contribution is 6.32. The van der Waals surface area contributed by atoms with Crippen molar-refractivity contribution in [2.75, 3.05) is 50.0 Å². The van der Waals surface area contributed by atoms with Crippen molar-refractivity contribution in [2.24, 2.45) is 0 Å². The molecule has 39 heavy (non-hydrogen) atoms. The van der Waals surface area contributed by atoms with Crippen molar-refractivity contribution in [1.29, 1.82) is 0 Å². The van der Waals surface area contributed by atoms with Crippen molar-refractivity contribution in [3.05, 3.63) is 45.7 Å². The highest BCUT2D eigenvalue weighted by atomic mass is 35.5. The van der Waals surface area contributed by atoms with Crippen LogP contribution in [-0.2, 0) is 0 Å². The number of carbonyl (C=O) groups excluding carboxylic acids is 2. The zero-order valence-electron chi connectivity index (χ0n) is 22.4. The first kappa shape index (κ1) is 29.3. The van der Waals surface area contributed by atoms with E-state index in [9.17, 15) is 14.7 Å². The number of carbonyl (C=O) groups is 2. The number of amides is 2. The summed E-state index contributed by atoms with van der Waals surface area (Å²) in [6.45, 7) is 7.33. The van der Waals surface area contributed by atoms with E-state index in [4.69, 9.17) is 28.9 Å². The zero-order chi connectivity index (χ0) is 28.1. The molecule has 4 N–H and O–H groups in total. The second-order valence-corrected chi connectivity index (χ2v) is 11.1. The summed E-state index contributed by atoms with van der Waals surface area (Å²) in [6, 6.07) is 7.30. The molecule has 212 valence electrons. The van der Waals surface area contributed by atoms with Gasteiger partial charge in [0.2, 0.25) is 0 Å². The van der Waals surface area contributed by atoms with Gasteiger partial charge in [-0.25, -0.2) is 9.97 Å². The Hall–Kier alpha value is -2.66. The van der Waals surface area contributed by atoms with Crippen molar-refractivity contribution in [3.63, 3.8) is 0 Å². The molecule has 10 nitrogen and oxygen atoms in total.